The van der Waals surface area contributed by atoms with E-state index in [1.54, 1.807) is 6.07 Å². The van der Waals surface area contributed by atoms with Gasteiger partial charge in [0.05, 0.1) is 23.6 Å². The molecule has 0 aliphatic carbocycles. The summed E-state index contributed by atoms with van der Waals surface area (Å²) in [5, 5.41) is 18.1. The number of aliphatic hydroxyl groups is 2. The van der Waals surface area contributed by atoms with Crippen LogP contribution in [0.25, 0.3) is 0 Å². The molecule has 17 heavy (non-hydrogen) atoms. The summed E-state index contributed by atoms with van der Waals surface area (Å²) in [6.07, 6.45) is 0. The van der Waals surface area contributed by atoms with E-state index in [9.17, 15) is 8.42 Å². The highest BCUT2D eigenvalue weighted by Crippen LogP contribution is 2.15. The van der Waals surface area contributed by atoms with Gasteiger partial charge in [-0.25, -0.2) is 13.1 Å². The Labute approximate surface area is 100 Å². The van der Waals surface area contributed by atoms with Crippen molar-refractivity contribution in [1.29, 1.82) is 0 Å². The maximum absolute atomic E-state index is 11.9. The van der Waals surface area contributed by atoms with Gasteiger partial charge in [-0.3, -0.25) is 0 Å². The van der Waals surface area contributed by atoms with Gasteiger partial charge in [-0.15, -0.1) is 0 Å². The molecule has 0 bridgehead atoms. The summed E-state index contributed by atoms with van der Waals surface area (Å²) in [7, 11) is -3.81. The number of anilines is 1. The molecule has 0 fully saturated rings. The van der Waals surface area contributed by atoms with Crippen molar-refractivity contribution in [3.05, 3.63) is 24.3 Å². The van der Waals surface area contributed by atoms with Gasteiger partial charge in [-0.1, -0.05) is 6.07 Å². The molecule has 0 saturated carbocycles. The van der Waals surface area contributed by atoms with Crippen LogP contribution in [0.4, 0.5) is 5.69 Å². The zero-order valence-electron chi connectivity index (χ0n) is 9.42. The van der Waals surface area contributed by atoms with Crippen molar-refractivity contribution in [3.8, 4) is 0 Å². The number of nitrogen functional groups attached to an aromatic ring is 1. The third-order valence-electron chi connectivity index (χ3n) is 2.25. The smallest absolute Gasteiger partial charge is 0.241 e. The lowest BCUT2D eigenvalue weighted by Gasteiger charge is -2.25. The molecule has 5 N–H and O–H groups in total. The standard InChI is InChI=1S/C10H16N2O4S/c1-10(6-13,7-14)12-17(15,16)9-4-2-3-8(11)5-9/h2-5,12-14H,6-7,11H2,1H3. The Morgan fingerprint density at radius 1 is 1.35 bits per heavy atom. The summed E-state index contributed by atoms with van der Waals surface area (Å²) < 4.78 is 26.1. The van der Waals surface area contributed by atoms with Crippen molar-refractivity contribution in [1.82, 2.24) is 4.72 Å². The number of hydrogen-bond donors (Lipinski definition) is 4. The first-order valence-corrected chi connectivity index (χ1v) is 6.42. The van der Waals surface area contributed by atoms with Gasteiger partial charge in [0.1, 0.15) is 0 Å². The van der Waals surface area contributed by atoms with E-state index in [0.29, 0.717) is 5.69 Å². The first-order chi connectivity index (χ1) is 7.83. The van der Waals surface area contributed by atoms with Crippen LogP contribution in [0, 0.1) is 0 Å². The summed E-state index contributed by atoms with van der Waals surface area (Å²) in [6, 6.07) is 5.76. The quantitative estimate of drug-likeness (QED) is 0.522. The average Bonchev–Trinajstić information content (AvgIpc) is 2.28. The lowest BCUT2D eigenvalue weighted by molar-refractivity contribution is 0.122. The molecule has 0 aliphatic heterocycles. The average molecular weight is 260 g/mol. The maximum Gasteiger partial charge on any atom is 0.241 e. The second kappa shape index (κ2) is 5.01. The molecule has 0 amide bonds. The van der Waals surface area contributed by atoms with E-state index in [2.05, 4.69) is 4.72 Å². The highest BCUT2D eigenvalue weighted by atomic mass is 32.2. The number of sulfonamides is 1. The number of aliphatic hydroxyl groups excluding tert-OH is 2. The largest absolute Gasteiger partial charge is 0.399 e. The molecule has 6 nitrogen and oxygen atoms in total. The fourth-order valence-corrected chi connectivity index (χ4v) is 2.62. The van der Waals surface area contributed by atoms with Crippen LogP contribution in [-0.2, 0) is 10.0 Å². The number of rotatable bonds is 5. The molecule has 1 aromatic carbocycles. The second-order valence-corrected chi connectivity index (χ2v) is 5.74. The first-order valence-electron chi connectivity index (χ1n) is 4.94. The minimum Gasteiger partial charge on any atom is -0.399 e. The maximum atomic E-state index is 11.9. The Kier molecular flexibility index (Phi) is 4.10. The van der Waals surface area contributed by atoms with Crippen LogP contribution in [0.15, 0.2) is 29.2 Å². The van der Waals surface area contributed by atoms with Crippen LogP contribution in [-0.4, -0.2) is 37.4 Å². The van der Waals surface area contributed by atoms with Gasteiger partial charge in [-0.05, 0) is 25.1 Å². The molecular formula is C10H16N2O4S. The van der Waals surface area contributed by atoms with Gasteiger partial charge in [0.15, 0.2) is 0 Å². The molecule has 0 aliphatic rings. The molecule has 1 aromatic rings. The zero-order valence-corrected chi connectivity index (χ0v) is 10.2. The van der Waals surface area contributed by atoms with E-state index < -0.39 is 28.8 Å². The van der Waals surface area contributed by atoms with Crippen molar-refractivity contribution in [2.24, 2.45) is 0 Å². The Bertz CT molecular complexity index is 483. The molecular weight excluding hydrogens is 244 g/mol. The molecule has 0 saturated heterocycles. The van der Waals surface area contributed by atoms with Crippen LogP contribution in [0.2, 0.25) is 0 Å². The van der Waals surface area contributed by atoms with Gasteiger partial charge in [0.2, 0.25) is 10.0 Å². The summed E-state index contributed by atoms with van der Waals surface area (Å²) in [5.41, 5.74) is 4.51. The van der Waals surface area contributed by atoms with E-state index in [1.807, 2.05) is 0 Å². The number of nitrogens with one attached hydrogen (secondary N) is 1. The summed E-state index contributed by atoms with van der Waals surface area (Å²) in [4.78, 5) is -0.00868. The Hall–Kier alpha value is -1.15. The highest BCUT2D eigenvalue weighted by molar-refractivity contribution is 7.89. The van der Waals surface area contributed by atoms with Crippen molar-refractivity contribution < 1.29 is 18.6 Å². The van der Waals surface area contributed by atoms with E-state index >= 15 is 0 Å². The number of benzene rings is 1. The Balaban J connectivity index is 3.05. The molecule has 0 radical (unpaired) electrons. The normalized spacial score (nSPS) is 12.6. The highest BCUT2D eigenvalue weighted by Gasteiger charge is 2.29. The second-order valence-electron chi connectivity index (χ2n) is 4.05. The molecule has 0 spiro atoms. The molecule has 96 valence electrons. The minimum atomic E-state index is -3.81. The number of hydrogen-bond acceptors (Lipinski definition) is 5. The monoisotopic (exact) mass is 260 g/mol. The molecule has 0 heterocycles. The predicted molar refractivity (Wildman–Crippen MR) is 63.8 cm³/mol. The van der Waals surface area contributed by atoms with Crippen molar-refractivity contribution in [2.75, 3.05) is 18.9 Å². The third kappa shape index (κ3) is 3.40. The van der Waals surface area contributed by atoms with Crippen LogP contribution >= 0.6 is 0 Å². The Morgan fingerprint density at radius 2 is 1.94 bits per heavy atom. The predicted octanol–water partition coefficient (Wildman–Crippen LogP) is -0.710. The van der Waals surface area contributed by atoms with Crippen LogP contribution in [0.3, 0.4) is 0 Å². The van der Waals surface area contributed by atoms with E-state index in [0.717, 1.165) is 0 Å². The van der Waals surface area contributed by atoms with E-state index in [4.69, 9.17) is 15.9 Å². The summed E-state index contributed by atoms with van der Waals surface area (Å²) in [6.45, 7) is 0.382. The number of nitrogens with two attached hydrogens (primary N) is 1. The van der Waals surface area contributed by atoms with Crippen molar-refractivity contribution in [2.45, 2.75) is 17.4 Å². The van der Waals surface area contributed by atoms with Gasteiger partial charge in [0, 0.05) is 5.69 Å². The van der Waals surface area contributed by atoms with Crippen LogP contribution in [0.1, 0.15) is 6.92 Å². The third-order valence-corrected chi connectivity index (χ3v) is 3.88. The summed E-state index contributed by atoms with van der Waals surface area (Å²) in [5.74, 6) is 0. The van der Waals surface area contributed by atoms with Gasteiger partial charge in [-0.2, -0.15) is 0 Å². The molecule has 0 atom stereocenters. The van der Waals surface area contributed by atoms with Crippen molar-refractivity contribution >= 4 is 15.7 Å². The lowest BCUT2D eigenvalue weighted by atomic mass is 10.1. The Morgan fingerprint density at radius 3 is 2.41 bits per heavy atom. The van der Waals surface area contributed by atoms with Crippen LogP contribution in [0.5, 0.6) is 0 Å². The van der Waals surface area contributed by atoms with Crippen molar-refractivity contribution in [3.63, 3.8) is 0 Å². The first kappa shape index (κ1) is 13.9. The van der Waals surface area contributed by atoms with Gasteiger partial charge >= 0.3 is 0 Å². The van der Waals surface area contributed by atoms with Gasteiger partial charge < -0.3 is 15.9 Å². The molecule has 7 heteroatoms. The fourth-order valence-electron chi connectivity index (χ4n) is 1.18. The lowest BCUT2D eigenvalue weighted by Crippen LogP contribution is -2.51. The molecule has 1 rings (SSSR count). The molecule has 0 aromatic heterocycles. The minimum absolute atomic E-state index is 0.00868. The molecule has 0 unspecified atom stereocenters. The fraction of sp³-hybridized carbons (Fsp3) is 0.400. The summed E-state index contributed by atoms with van der Waals surface area (Å²) >= 11 is 0. The van der Waals surface area contributed by atoms with Gasteiger partial charge in [0.25, 0.3) is 0 Å². The van der Waals surface area contributed by atoms with E-state index in [1.165, 1.54) is 25.1 Å². The van der Waals surface area contributed by atoms with Crippen LogP contribution < -0.4 is 10.5 Å². The SMILES string of the molecule is CC(CO)(CO)NS(=O)(=O)c1cccc(N)c1. The van der Waals surface area contributed by atoms with E-state index in [-0.39, 0.29) is 4.90 Å². The zero-order chi connectivity index (χ0) is 13.1. The topological polar surface area (TPSA) is 113 Å².